The molecule has 28 heavy (non-hydrogen) atoms. The first-order valence-electron chi connectivity index (χ1n) is 8.72. The first kappa shape index (κ1) is 19.6. The normalized spacial score (nSPS) is 12.2. The van der Waals surface area contributed by atoms with Crippen molar-refractivity contribution in [2.45, 2.75) is 19.3 Å². The van der Waals surface area contributed by atoms with Crippen molar-refractivity contribution in [2.24, 2.45) is 4.99 Å². The second kappa shape index (κ2) is 8.69. The van der Waals surface area contributed by atoms with Crippen molar-refractivity contribution < 1.29 is 17.9 Å². The smallest absolute Gasteiger partial charge is 0.422 e. The van der Waals surface area contributed by atoms with Gasteiger partial charge in [0, 0.05) is 24.8 Å². The number of aromatic amines is 1. The molecule has 2 aromatic carbocycles. The lowest BCUT2D eigenvalue weighted by Gasteiger charge is -2.12. The number of fused-ring (bicyclic) bond motifs is 1. The second-order valence-electron chi connectivity index (χ2n) is 6.21. The monoisotopic (exact) mass is 390 g/mol. The Morgan fingerprint density at radius 1 is 1.04 bits per heavy atom. The van der Waals surface area contributed by atoms with Crippen molar-refractivity contribution in [3.05, 3.63) is 65.9 Å². The van der Waals surface area contributed by atoms with E-state index in [9.17, 15) is 13.2 Å². The molecule has 3 aromatic rings. The van der Waals surface area contributed by atoms with Crippen LogP contribution in [0.3, 0.4) is 0 Å². The number of nitrogens with one attached hydrogen (secondary N) is 3. The number of aromatic nitrogens is 1. The van der Waals surface area contributed by atoms with E-state index in [1.54, 1.807) is 19.2 Å². The summed E-state index contributed by atoms with van der Waals surface area (Å²) in [5.41, 5.74) is 3.01. The molecule has 0 aliphatic heterocycles. The van der Waals surface area contributed by atoms with E-state index >= 15 is 0 Å². The highest BCUT2D eigenvalue weighted by molar-refractivity contribution is 5.81. The fraction of sp³-hybridized carbons (Fsp3) is 0.250. The van der Waals surface area contributed by atoms with E-state index in [0.717, 1.165) is 22.2 Å². The average molecular weight is 390 g/mol. The topological polar surface area (TPSA) is 61.4 Å². The molecule has 1 heterocycles. The van der Waals surface area contributed by atoms with Gasteiger partial charge in [-0.3, -0.25) is 4.99 Å². The summed E-state index contributed by atoms with van der Waals surface area (Å²) < 4.78 is 41.2. The summed E-state index contributed by atoms with van der Waals surface area (Å²) >= 11 is 0. The fourth-order valence-corrected chi connectivity index (χ4v) is 2.68. The highest BCUT2D eigenvalue weighted by Crippen LogP contribution is 2.19. The van der Waals surface area contributed by atoms with Crippen molar-refractivity contribution in [1.29, 1.82) is 0 Å². The number of nitrogens with zero attached hydrogens (tertiary/aromatic N) is 1. The predicted octanol–water partition coefficient (Wildman–Crippen LogP) is 3.97. The molecular weight excluding hydrogens is 369 g/mol. The molecule has 0 amide bonds. The summed E-state index contributed by atoms with van der Waals surface area (Å²) in [7, 11) is 1.68. The van der Waals surface area contributed by atoms with E-state index in [0.29, 0.717) is 19.0 Å². The number of rotatable bonds is 6. The highest BCUT2D eigenvalue weighted by Gasteiger charge is 2.28. The van der Waals surface area contributed by atoms with Crippen molar-refractivity contribution in [1.82, 2.24) is 15.6 Å². The zero-order valence-corrected chi connectivity index (χ0v) is 15.3. The zero-order chi connectivity index (χ0) is 20.0. The summed E-state index contributed by atoms with van der Waals surface area (Å²) in [5.74, 6) is 0.804. The predicted molar refractivity (Wildman–Crippen MR) is 103 cm³/mol. The lowest BCUT2D eigenvalue weighted by Crippen LogP contribution is -2.36. The molecule has 1 aromatic heterocycles. The van der Waals surface area contributed by atoms with Crippen LogP contribution in [0, 0.1) is 0 Å². The summed E-state index contributed by atoms with van der Waals surface area (Å²) in [6.45, 7) is -0.237. The maximum absolute atomic E-state index is 12.2. The van der Waals surface area contributed by atoms with Crippen LogP contribution < -0.4 is 15.4 Å². The molecule has 3 N–H and O–H groups in total. The minimum atomic E-state index is -4.34. The summed E-state index contributed by atoms with van der Waals surface area (Å²) in [6.07, 6.45) is -4.34. The van der Waals surface area contributed by atoms with Gasteiger partial charge in [0.25, 0.3) is 0 Å². The van der Waals surface area contributed by atoms with E-state index in [1.165, 1.54) is 12.1 Å². The van der Waals surface area contributed by atoms with Crippen LogP contribution >= 0.6 is 0 Å². The van der Waals surface area contributed by atoms with Gasteiger partial charge in [0.15, 0.2) is 12.6 Å². The number of aliphatic imine (C=N–C) groups is 1. The third-order valence-electron chi connectivity index (χ3n) is 4.04. The Kier molecular flexibility index (Phi) is 6.08. The van der Waals surface area contributed by atoms with Crippen LogP contribution in [0.1, 0.15) is 11.3 Å². The van der Waals surface area contributed by atoms with Crippen LogP contribution in [0.25, 0.3) is 10.9 Å². The lowest BCUT2D eigenvalue weighted by atomic mass is 10.2. The van der Waals surface area contributed by atoms with Crippen LogP contribution in [0.4, 0.5) is 13.2 Å². The Labute approximate surface area is 160 Å². The van der Waals surface area contributed by atoms with Gasteiger partial charge in [-0.25, -0.2) is 0 Å². The van der Waals surface area contributed by atoms with Crippen LogP contribution in [-0.2, 0) is 13.1 Å². The molecule has 148 valence electrons. The van der Waals surface area contributed by atoms with Crippen LogP contribution in [0.2, 0.25) is 0 Å². The summed E-state index contributed by atoms with van der Waals surface area (Å²) in [5, 5.41) is 7.54. The SMILES string of the molecule is CN=C(NCc1ccc(OCC(F)(F)F)cc1)NCc1cc2ccccc2[nH]1. The maximum Gasteiger partial charge on any atom is 0.422 e. The molecule has 0 radical (unpaired) electrons. The van der Waals surface area contributed by atoms with Gasteiger partial charge < -0.3 is 20.4 Å². The summed E-state index contributed by atoms with van der Waals surface area (Å²) in [6, 6.07) is 16.6. The van der Waals surface area contributed by atoms with Crippen LogP contribution in [0.15, 0.2) is 59.6 Å². The molecule has 0 aliphatic carbocycles. The van der Waals surface area contributed by atoms with Gasteiger partial charge in [-0.05, 0) is 35.2 Å². The lowest BCUT2D eigenvalue weighted by molar-refractivity contribution is -0.153. The van der Waals surface area contributed by atoms with Crippen molar-refractivity contribution >= 4 is 16.9 Å². The van der Waals surface area contributed by atoms with Gasteiger partial charge >= 0.3 is 6.18 Å². The number of halogens is 3. The van der Waals surface area contributed by atoms with Gasteiger partial charge in [-0.2, -0.15) is 13.2 Å². The number of benzene rings is 2. The molecule has 3 rings (SSSR count). The molecule has 0 atom stereocenters. The first-order chi connectivity index (χ1) is 13.4. The Morgan fingerprint density at radius 2 is 1.75 bits per heavy atom. The van der Waals surface area contributed by atoms with Gasteiger partial charge in [0.05, 0.1) is 6.54 Å². The number of H-pyrrole nitrogens is 1. The van der Waals surface area contributed by atoms with Gasteiger partial charge in [-0.1, -0.05) is 30.3 Å². The molecule has 5 nitrogen and oxygen atoms in total. The zero-order valence-electron chi connectivity index (χ0n) is 15.3. The standard InChI is InChI=1S/C20H21F3N4O/c1-24-19(26-12-16-10-15-4-2-3-5-18(15)27-16)25-11-14-6-8-17(9-7-14)28-13-20(21,22)23/h2-10,27H,11-13H2,1H3,(H2,24,25,26). The number of para-hydroxylation sites is 1. The molecule has 0 saturated heterocycles. The van der Waals surface area contributed by atoms with Crippen LogP contribution in [-0.4, -0.2) is 30.8 Å². The third kappa shape index (κ3) is 5.67. The Balaban J connectivity index is 1.48. The molecular formula is C20H21F3N4O. The number of guanidine groups is 1. The Bertz CT molecular complexity index is 900. The van der Waals surface area contributed by atoms with Gasteiger partial charge in [0.1, 0.15) is 5.75 Å². The van der Waals surface area contributed by atoms with E-state index in [4.69, 9.17) is 4.74 Å². The van der Waals surface area contributed by atoms with Gasteiger partial charge in [0.2, 0.25) is 0 Å². The molecule has 8 heteroatoms. The minimum absolute atomic E-state index is 0.183. The summed E-state index contributed by atoms with van der Waals surface area (Å²) in [4.78, 5) is 7.52. The average Bonchev–Trinajstić information content (AvgIpc) is 3.10. The molecule has 0 spiro atoms. The number of ether oxygens (including phenoxy) is 1. The number of hydrogen-bond acceptors (Lipinski definition) is 2. The fourth-order valence-electron chi connectivity index (χ4n) is 2.68. The first-order valence-corrected chi connectivity index (χ1v) is 8.72. The third-order valence-corrected chi connectivity index (χ3v) is 4.04. The van der Waals surface area contributed by atoms with Crippen LogP contribution in [0.5, 0.6) is 5.75 Å². The van der Waals surface area contributed by atoms with E-state index < -0.39 is 12.8 Å². The molecule has 0 saturated carbocycles. The van der Waals surface area contributed by atoms with Crippen molar-refractivity contribution in [3.8, 4) is 5.75 Å². The maximum atomic E-state index is 12.2. The van der Waals surface area contributed by atoms with Crippen molar-refractivity contribution in [3.63, 3.8) is 0 Å². The highest BCUT2D eigenvalue weighted by atomic mass is 19.4. The van der Waals surface area contributed by atoms with E-state index in [2.05, 4.69) is 26.7 Å². The molecule has 0 bridgehead atoms. The Morgan fingerprint density at radius 3 is 2.43 bits per heavy atom. The quantitative estimate of drug-likeness (QED) is 0.441. The second-order valence-corrected chi connectivity index (χ2v) is 6.21. The van der Waals surface area contributed by atoms with E-state index in [1.807, 2.05) is 24.3 Å². The molecule has 0 aliphatic rings. The van der Waals surface area contributed by atoms with E-state index in [-0.39, 0.29) is 5.75 Å². The molecule has 0 fully saturated rings. The Hall–Kier alpha value is -3.16. The van der Waals surface area contributed by atoms with Gasteiger partial charge in [-0.15, -0.1) is 0 Å². The minimum Gasteiger partial charge on any atom is -0.484 e. The largest absolute Gasteiger partial charge is 0.484 e. The number of alkyl halides is 3. The van der Waals surface area contributed by atoms with Crippen molar-refractivity contribution in [2.75, 3.05) is 13.7 Å². The number of hydrogen-bond donors (Lipinski definition) is 3. The molecule has 0 unspecified atom stereocenters.